The third kappa shape index (κ3) is 4.39. The summed E-state index contributed by atoms with van der Waals surface area (Å²) in [7, 11) is 0. The number of carbonyl (C=O) groups excluding carboxylic acids is 1. The zero-order chi connectivity index (χ0) is 13.7. The van der Waals surface area contributed by atoms with Crippen LogP contribution in [0.1, 0.15) is 26.2 Å². The minimum Gasteiger partial charge on any atom is -0.384 e. The van der Waals surface area contributed by atoms with E-state index in [2.05, 4.69) is 15.7 Å². The van der Waals surface area contributed by atoms with E-state index in [1.165, 1.54) is 23.6 Å². The summed E-state index contributed by atoms with van der Waals surface area (Å²) in [6.07, 6.45) is 4.93. The molecule has 19 heavy (non-hydrogen) atoms. The van der Waals surface area contributed by atoms with Crippen LogP contribution in [0.2, 0.25) is 0 Å². The van der Waals surface area contributed by atoms with Gasteiger partial charge in [-0.05, 0) is 25.2 Å². The van der Waals surface area contributed by atoms with Gasteiger partial charge < -0.3 is 10.6 Å². The lowest BCUT2D eigenvalue weighted by Crippen LogP contribution is -2.34. The van der Waals surface area contributed by atoms with Crippen molar-refractivity contribution in [3.63, 3.8) is 0 Å². The second-order valence-corrected chi connectivity index (χ2v) is 4.91. The number of carbonyl (C=O) groups is 1. The number of amides is 1. The number of rotatable bonds is 7. The van der Waals surface area contributed by atoms with Crippen molar-refractivity contribution in [1.82, 2.24) is 15.1 Å². The lowest BCUT2D eigenvalue weighted by atomic mass is 10.4. The normalized spacial score (nSPS) is 14.2. The molecule has 1 aromatic rings. The maximum Gasteiger partial charge on any atom is 0.269 e. The third-order valence-electron chi connectivity index (χ3n) is 3.03. The van der Waals surface area contributed by atoms with Crippen molar-refractivity contribution in [1.29, 1.82) is 0 Å². The monoisotopic (exact) mass is 264 g/mol. The Morgan fingerprint density at radius 3 is 2.95 bits per heavy atom. The molecular weight excluding hydrogens is 244 g/mol. The molecule has 1 aliphatic rings. The molecule has 0 spiro atoms. The fourth-order valence-electron chi connectivity index (χ4n) is 1.69. The van der Waals surface area contributed by atoms with Crippen molar-refractivity contribution in [2.75, 3.05) is 18.4 Å². The smallest absolute Gasteiger partial charge is 0.269 e. The Morgan fingerprint density at radius 2 is 2.32 bits per heavy atom. The molecule has 1 aliphatic carbocycles. The first-order valence-electron chi connectivity index (χ1n) is 6.76. The Bertz CT molecular complexity index is 494. The highest BCUT2D eigenvalue weighted by Gasteiger charge is 2.21. The zero-order valence-electron chi connectivity index (χ0n) is 11.2. The van der Waals surface area contributed by atoms with Crippen LogP contribution < -0.4 is 16.2 Å². The van der Waals surface area contributed by atoms with E-state index in [1.807, 2.05) is 6.92 Å². The predicted molar refractivity (Wildman–Crippen MR) is 73.0 cm³/mol. The van der Waals surface area contributed by atoms with Gasteiger partial charge in [0.05, 0.1) is 11.9 Å². The summed E-state index contributed by atoms with van der Waals surface area (Å²) in [5.74, 6) is 0.477. The van der Waals surface area contributed by atoms with Crippen molar-refractivity contribution in [3.05, 3.63) is 22.6 Å². The Labute approximate surface area is 112 Å². The van der Waals surface area contributed by atoms with Gasteiger partial charge in [0, 0.05) is 19.2 Å². The summed E-state index contributed by atoms with van der Waals surface area (Å²) in [5.41, 5.74) is 0.434. The van der Waals surface area contributed by atoms with E-state index in [9.17, 15) is 9.59 Å². The molecule has 0 aliphatic heterocycles. The molecule has 2 N–H and O–H groups in total. The van der Waals surface area contributed by atoms with Crippen LogP contribution in [0.25, 0.3) is 0 Å². The molecule has 0 radical (unpaired) electrons. The molecule has 1 fully saturated rings. The summed E-state index contributed by atoms with van der Waals surface area (Å²) in [6.45, 7) is 3.54. The summed E-state index contributed by atoms with van der Waals surface area (Å²) < 4.78 is 1.18. The number of anilines is 1. The van der Waals surface area contributed by atoms with Gasteiger partial charge in [0.2, 0.25) is 5.91 Å². The first-order chi connectivity index (χ1) is 9.19. The van der Waals surface area contributed by atoms with Crippen LogP contribution in [0.4, 0.5) is 5.69 Å². The van der Waals surface area contributed by atoms with Crippen LogP contribution in [0, 0.1) is 5.92 Å². The van der Waals surface area contributed by atoms with Crippen LogP contribution in [0.15, 0.2) is 17.1 Å². The van der Waals surface area contributed by atoms with Gasteiger partial charge in [-0.3, -0.25) is 9.59 Å². The van der Waals surface area contributed by atoms with Gasteiger partial charge in [0.1, 0.15) is 6.54 Å². The highest BCUT2D eigenvalue weighted by molar-refractivity contribution is 5.75. The number of aromatic nitrogens is 2. The van der Waals surface area contributed by atoms with Crippen molar-refractivity contribution in [2.24, 2.45) is 5.92 Å². The quantitative estimate of drug-likeness (QED) is 0.756. The number of hydrogen-bond acceptors (Lipinski definition) is 4. The zero-order valence-corrected chi connectivity index (χ0v) is 11.2. The second kappa shape index (κ2) is 6.36. The maximum absolute atomic E-state index is 11.8. The standard InChI is InChI=1S/C13H20N4O2/c1-2-5-14-11-6-13(19)17(16-8-11)9-12(18)15-7-10-3-4-10/h6,8,10,14H,2-5,7,9H2,1H3,(H,15,18). The third-order valence-corrected chi connectivity index (χ3v) is 3.03. The summed E-state index contributed by atoms with van der Waals surface area (Å²) in [5, 5.41) is 9.90. The highest BCUT2D eigenvalue weighted by Crippen LogP contribution is 2.27. The Balaban J connectivity index is 1.88. The fourth-order valence-corrected chi connectivity index (χ4v) is 1.69. The number of nitrogens with one attached hydrogen (secondary N) is 2. The summed E-state index contributed by atoms with van der Waals surface area (Å²) in [6, 6.07) is 1.47. The lowest BCUT2D eigenvalue weighted by molar-refractivity contribution is -0.121. The molecule has 1 aromatic heterocycles. The van der Waals surface area contributed by atoms with Gasteiger partial charge in [-0.25, -0.2) is 4.68 Å². The molecule has 0 aromatic carbocycles. The minimum absolute atomic E-state index is 0.0143. The van der Waals surface area contributed by atoms with Crippen LogP contribution in [0.5, 0.6) is 0 Å². The molecule has 2 rings (SSSR count). The topological polar surface area (TPSA) is 76.0 Å². The van der Waals surface area contributed by atoms with Crippen LogP contribution in [-0.4, -0.2) is 28.8 Å². The van der Waals surface area contributed by atoms with Crippen molar-refractivity contribution < 1.29 is 4.79 Å². The average molecular weight is 264 g/mol. The van der Waals surface area contributed by atoms with E-state index in [0.717, 1.165) is 13.0 Å². The number of nitrogens with zero attached hydrogens (tertiary/aromatic N) is 2. The molecule has 0 atom stereocenters. The van der Waals surface area contributed by atoms with E-state index in [0.29, 0.717) is 18.2 Å². The van der Waals surface area contributed by atoms with Gasteiger partial charge in [0.15, 0.2) is 0 Å². The Hall–Kier alpha value is -1.85. The first kappa shape index (κ1) is 13.6. The SMILES string of the molecule is CCCNc1cnn(CC(=O)NCC2CC2)c(=O)c1. The molecule has 0 saturated heterocycles. The van der Waals surface area contributed by atoms with E-state index in [-0.39, 0.29) is 18.0 Å². The van der Waals surface area contributed by atoms with Gasteiger partial charge in [-0.2, -0.15) is 5.10 Å². The fraction of sp³-hybridized carbons (Fsp3) is 0.615. The lowest BCUT2D eigenvalue weighted by Gasteiger charge is -2.07. The van der Waals surface area contributed by atoms with E-state index >= 15 is 0 Å². The average Bonchev–Trinajstić information content (AvgIpc) is 3.21. The molecule has 0 bridgehead atoms. The summed E-state index contributed by atoms with van der Waals surface area (Å²) in [4.78, 5) is 23.4. The molecule has 6 heteroatoms. The number of hydrogen-bond donors (Lipinski definition) is 2. The first-order valence-corrected chi connectivity index (χ1v) is 6.76. The molecule has 1 heterocycles. The molecule has 6 nitrogen and oxygen atoms in total. The van der Waals surface area contributed by atoms with Gasteiger partial charge in [-0.15, -0.1) is 0 Å². The van der Waals surface area contributed by atoms with Crippen LogP contribution in [0.3, 0.4) is 0 Å². The Morgan fingerprint density at radius 1 is 1.53 bits per heavy atom. The molecule has 1 saturated carbocycles. The maximum atomic E-state index is 11.8. The Kier molecular flexibility index (Phi) is 4.54. The van der Waals surface area contributed by atoms with E-state index in [1.54, 1.807) is 6.20 Å². The largest absolute Gasteiger partial charge is 0.384 e. The summed E-state index contributed by atoms with van der Waals surface area (Å²) >= 11 is 0. The minimum atomic E-state index is -0.261. The van der Waals surface area contributed by atoms with E-state index in [4.69, 9.17) is 0 Å². The highest BCUT2D eigenvalue weighted by atomic mass is 16.2. The predicted octanol–water partition coefficient (Wildman–Crippen LogP) is 0.591. The molecule has 0 unspecified atom stereocenters. The van der Waals surface area contributed by atoms with Gasteiger partial charge in [-0.1, -0.05) is 6.92 Å². The van der Waals surface area contributed by atoms with Crippen molar-refractivity contribution >= 4 is 11.6 Å². The molecule has 1 amide bonds. The van der Waals surface area contributed by atoms with Crippen LogP contribution >= 0.6 is 0 Å². The van der Waals surface area contributed by atoms with Gasteiger partial charge in [0.25, 0.3) is 5.56 Å². The molecular formula is C13H20N4O2. The molecule has 104 valence electrons. The van der Waals surface area contributed by atoms with Gasteiger partial charge >= 0.3 is 0 Å². The van der Waals surface area contributed by atoms with Crippen molar-refractivity contribution in [3.8, 4) is 0 Å². The second-order valence-electron chi connectivity index (χ2n) is 4.91. The van der Waals surface area contributed by atoms with Crippen molar-refractivity contribution in [2.45, 2.75) is 32.7 Å². The van der Waals surface area contributed by atoms with Crippen LogP contribution in [-0.2, 0) is 11.3 Å². The van der Waals surface area contributed by atoms with E-state index < -0.39 is 0 Å².